The largest absolute Gasteiger partial charge is 0.449 e. The van der Waals surface area contributed by atoms with Crippen LogP contribution in [0.5, 0.6) is 0 Å². The molecule has 1 fully saturated rings. The molecule has 2 rings (SSSR count). The molecular weight excluding hydrogens is 356 g/mol. The fourth-order valence-electron chi connectivity index (χ4n) is 2.54. The number of esters is 1. The molecule has 1 aliphatic rings. The summed E-state index contributed by atoms with van der Waals surface area (Å²) in [6.45, 7) is 1.44. The van der Waals surface area contributed by atoms with E-state index in [-0.39, 0.29) is 22.8 Å². The van der Waals surface area contributed by atoms with Gasteiger partial charge in [-0.15, -0.1) is 0 Å². The van der Waals surface area contributed by atoms with Gasteiger partial charge in [0.1, 0.15) is 0 Å². The van der Waals surface area contributed by atoms with Crippen LogP contribution >= 0.6 is 11.6 Å². The van der Waals surface area contributed by atoms with Gasteiger partial charge in [-0.3, -0.25) is 4.79 Å². The second-order valence-electron chi connectivity index (χ2n) is 5.79. The first-order valence-electron chi connectivity index (χ1n) is 7.34. The predicted molar refractivity (Wildman–Crippen MR) is 90.6 cm³/mol. The molecule has 1 saturated heterocycles. The summed E-state index contributed by atoms with van der Waals surface area (Å²) in [5.74, 6) is -1.21. The van der Waals surface area contributed by atoms with Crippen molar-refractivity contribution in [3.63, 3.8) is 0 Å². The van der Waals surface area contributed by atoms with E-state index >= 15 is 0 Å². The monoisotopic (exact) mass is 374 g/mol. The summed E-state index contributed by atoms with van der Waals surface area (Å²) < 4.78 is 28.2. The number of hydrogen-bond donors (Lipinski definition) is 1. The van der Waals surface area contributed by atoms with E-state index in [9.17, 15) is 18.0 Å². The third-order valence-corrected chi connectivity index (χ3v) is 5.95. The smallest absolute Gasteiger partial charge is 0.341 e. The molecule has 2 N–H and O–H groups in total. The topological polar surface area (TPSA) is 107 Å². The van der Waals surface area contributed by atoms with Crippen molar-refractivity contribution in [1.29, 1.82) is 0 Å². The number of nitrogens with zero attached hydrogens (tertiary/aromatic N) is 1. The second-order valence-corrected chi connectivity index (χ2v) is 8.45. The van der Waals surface area contributed by atoms with Crippen LogP contribution in [0.3, 0.4) is 0 Å². The van der Waals surface area contributed by atoms with Crippen molar-refractivity contribution in [2.75, 3.05) is 24.3 Å². The average molecular weight is 375 g/mol. The number of hydrogen-bond acceptors (Lipinski definition) is 6. The van der Waals surface area contributed by atoms with E-state index < -0.39 is 33.9 Å². The van der Waals surface area contributed by atoms with Gasteiger partial charge in [-0.05, 0) is 31.5 Å². The number of sulfone groups is 1. The Hall–Kier alpha value is -1.80. The molecule has 1 heterocycles. The molecule has 132 valence electrons. The normalized spacial score (nSPS) is 20.4. The maximum atomic E-state index is 12.3. The molecule has 0 bridgehead atoms. The molecule has 24 heavy (non-hydrogen) atoms. The molecule has 1 amide bonds. The minimum atomic E-state index is -3.11. The SMILES string of the molecule is C[C@@H](OC(=O)c1ccc(Cl)cc1N)C(=O)N(C)[C@@H]1CCS(=O)(=O)C1. The Kier molecular flexibility index (Phi) is 5.39. The van der Waals surface area contributed by atoms with Gasteiger partial charge in [-0.1, -0.05) is 11.6 Å². The number of anilines is 1. The second kappa shape index (κ2) is 6.98. The van der Waals surface area contributed by atoms with Crippen LogP contribution < -0.4 is 5.73 Å². The summed E-state index contributed by atoms with van der Waals surface area (Å²) in [6.07, 6.45) is -0.670. The van der Waals surface area contributed by atoms with Gasteiger partial charge in [0.2, 0.25) is 0 Å². The Morgan fingerprint density at radius 1 is 1.42 bits per heavy atom. The van der Waals surface area contributed by atoms with Gasteiger partial charge >= 0.3 is 5.97 Å². The standard InChI is InChI=1S/C15H19ClN2O5S/c1-9(14(19)18(2)11-5-6-24(21,22)8-11)23-15(20)12-4-3-10(16)7-13(12)17/h3-4,7,9,11H,5-6,8,17H2,1-2H3/t9-,11-/m1/s1. The number of ether oxygens (including phenoxy) is 1. The van der Waals surface area contributed by atoms with Crippen LogP contribution in [0.1, 0.15) is 23.7 Å². The Morgan fingerprint density at radius 2 is 2.08 bits per heavy atom. The van der Waals surface area contributed by atoms with Crippen molar-refractivity contribution in [2.24, 2.45) is 0 Å². The Bertz CT molecular complexity index is 765. The fourth-order valence-corrected chi connectivity index (χ4v) is 4.50. The zero-order valence-corrected chi connectivity index (χ0v) is 14.9. The zero-order valence-electron chi connectivity index (χ0n) is 13.4. The third kappa shape index (κ3) is 4.18. The lowest BCUT2D eigenvalue weighted by Crippen LogP contribution is -2.44. The summed E-state index contributed by atoms with van der Waals surface area (Å²) in [6, 6.07) is 3.94. The number of nitrogens with two attached hydrogens (primary N) is 1. The summed E-state index contributed by atoms with van der Waals surface area (Å²) >= 11 is 5.77. The van der Waals surface area contributed by atoms with E-state index in [0.717, 1.165) is 0 Å². The summed E-state index contributed by atoms with van der Waals surface area (Å²) in [5, 5.41) is 0.385. The van der Waals surface area contributed by atoms with Crippen molar-refractivity contribution in [1.82, 2.24) is 4.90 Å². The van der Waals surface area contributed by atoms with Crippen LogP contribution in [0, 0.1) is 0 Å². The molecule has 0 spiro atoms. The number of nitrogen functional groups attached to an aromatic ring is 1. The quantitative estimate of drug-likeness (QED) is 0.625. The van der Waals surface area contributed by atoms with Crippen molar-refractivity contribution in [3.8, 4) is 0 Å². The zero-order chi connectivity index (χ0) is 18.1. The van der Waals surface area contributed by atoms with E-state index in [1.807, 2.05) is 0 Å². The van der Waals surface area contributed by atoms with Crippen molar-refractivity contribution >= 4 is 39.0 Å². The lowest BCUT2D eigenvalue weighted by molar-refractivity contribution is -0.140. The van der Waals surface area contributed by atoms with Crippen molar-refractivity contribution in [3.05, 3.63) is 28.8 Å². The maximum Gasteiger partial charge on any atom is 0.341 e. The highest BCUT2D eigenvalue weighted by Crippen LogP contribution is 2.21. The molecule has 1 aromatic carbocycles. The van der Waals surface area contributed by atoms with Gasteiger partial charge in [-0.25, -0.2) is 13.2 Å². The highest BCUT2D eigenvalue weighted by Gasteiger charge is 2.35. The Balaban J connectivity index is 2.02. The van der Waals surface area contributed by atoms with Crippen LogP contribution in [0.2, 0.25) is 5.02 Å². The van der Waals surface area contributed by atoms with Crippen molar-refractivity contribution in [2.45, 2.75) is 25.5 Å². The number of carbonyl (C=O) groups excluding carboxylic acids is 2. The number of rotatable bonds is 4. The van der Waals surface area contributed by atoms with Crippen LogP contribution in [-0.4, -0.2) is 55.9 Å². The molecule has 0 radical (unpaired) electrons. The predicted octanol–water partition coefficient (Wildman–Crippen LogP) is 1.11. The molecule has 1 aromatic rings. The van der Waals surface area contributed by atoms with Gasteiger partial charge < -0.3 is 15.4 Å². The minimum Gasteiger partial charge on any atom is -0.449 e. The summed E-state index contributed by atoms with van der Waals surface area (Å²) in [4.78, 5) is 25.8. The first kappa shape index (κ1) is 18.5. The highest BCUT2D eigenvalue weighted by molar-refractivity contribution is 7.91. The number of amides is 1. The molecule has 1 aliphatic heterocycles. The number of carbonyl (C=O) groups is 2. The lowest BCUT2D eigenvalue weighted by atomic mass is 10.2. The van der Waals surface area contributed by atoms with Crippen LogP contribution in [-0.2, 0) is 19.4 Å². The molecule has 9 heteroatoms. The molecule has 2 atom stereocenters. The van der Waals surface area contributed by atoms with Crippen LogP contribution in [0.15, 0.2) is 18.2 Å². The number of likely N-dealkylation sites (N-methyl/N-ethyl adjacent to an activating group) is 1. The lowest BCUT2D eigenvalue weighted by Gasteiger charge is -2.26. The van der Waals surface area contributed by atoms with Gasteiger partial charge in [0.05, 0.1) is 17.1 Å². The third-order valence-electron chi connectivity index (χ3n) is 3.97. The minimum absolute atomic E-state index is 0.0603. The first-order valence-corrected chi connectivity index (χ1v) is 9.54. The summed E-state index contributed by atoms with van der Waals surface area (Å²) in [7, 11) is -1.60. The van der Waals surface area contributed by atoms with E-state index in [0.29, 0.717) is 11.4 Å². The van der Waals surface area contributed by atoms with E-state index in [4.69, 9.17) is 22.1 Å². The highest BCUT2D eigenvalue weighted by atomic mass is 35.5. The first-order chi connectivity index (χ1) is 11.1. The Morgan fingerprint density at radius 3 is 2.62 bits per heavy atom. The van der Waals surface area contributed by atoms with Crippen LogP contribution in [0.4, 0.5) is 5.69 Å². The molecule has 7 nitrogen and oxygen atoms in total. The van der Waals surface area contributed by atoms with E-state index in [2.05, 4.69) is 0 Å². The fraction of sp³-hybridized carbons (Fsp3) is 0.467. The molecule has 0 saturated carbocycles. The number of benzene rings is 1. The molecule has 0 aromatic heterocycles. The van der Waals surface area contributed by atoms with Gasteiger partial charge in [0, 0.05) is 23.8 Å². The number of halogens is 1. The Labute approximate surface area is 145 Å². The maximum absolute atomic E-state index is 12.3. The van der Waals surface area contributed by atoms with Crippen LogP contribution in [0.25, 0.3) is 0 Å². The van der Waals surface area contributed by atoms with Gasteiger partial charge in [0.25, 0.3) is 5.91 Å². The van der Waals surface area contributed by atoms with Gasteiger partial charge in [0.15, 0.2) is 15.9 Å². The van der Waals surface area contributed by atoms with Gasteiger partial charge in [-0.2, -0.15) is 0 Å². The molecule has 0 aliphatic carbocycles. The summed E-state index contributed by atoms with van der Waals surface area (Å²) in [5.41, 5.74) is 5.99. The van der Waals surface area contributed by atoms with Crippen molar-refractivity contribution < 1.29 is 22.7 Å². The average Bonchev–Trinajstić information content (AvgIpc) is 2.85. The van der Waals surface area contributed by atoms with E-state index in [1.165, 1.54) is 37.1 Å². The molecular formula is C15H19ClN2O5S. The molecule has 0 unspecified atom stereocenters. The van der Waals surface area contributed by atoms with E-state index in [1.54, 1.807) is 0 Å².